The SMILES string of the molecule is Cc1noc(C)c1S(=O)(=O)N(C)CCNC(=O)c1ccccc1Cl. The van der Waals surface area contributed by atoms with Crippen LogP contribution in [-0.2, 0) is 10.0 Å². The van der Waals surface area contributed by atoms with Gasteiger partial charge in [-0.15, -0.1) is 0 Å². The number of benzene rings is 1. The highest BCUT2D eigenvalue weighted by Crippen LogP contribution is 2.22. The van der Waals surface area contributed by atoms with Crippen LogP contribution in [0.4, 0.5) is 0 Å². The number of aryl methyl sites for hydroxylation is 2. The van der Waals surface area contributed by atoms with Crippen LogP contribution in [0, 0.1) is 13.8 Å². The van der Waals surface area contributed by atoms with E-state index in [2.05, 4.69) is 10.5 Å². The lowest BCUT2D eigenvalue weighted by molar-refractivity contribution is 0.0952. The van der Waals surface area contributed by atoms with E-state index in [4.69, 9.17) is 16.1 Å². The summed E-state index contributed by atoms with van der Waals surface area (Å²) in [4.78, 5) is 12.1. The third-order valence-electron chi connectivity index (χ3n) is 3.47. The highest BCUT2D eigenvalue weighted by atomic mass is 35.5. The molecule has 0 saturated carbocycles. The molecule has 1 amide bonds. The van der Waals surface area contributed by atoms with Gasteiger partial charge in [0.1, 0.15) is 10.6 Å². The van der Waals surface area contributed by atoms with E-state index in [1.54, 1.807) is 38.1 Å². The molecule has 9 heteroatoms. The van der Waals surface area contributed by atoms with Gasteiger partial charge in [0.15, 0.2) is 5.76 Å². The highest BCUT2D eigenvalue weighted by Gasteiger charge is 2.28. The monoisotopic (exact) mass is 371 g/mol. The molecule has 0 spiro atoms. The molecule has 24 heavy (non-hydrogen) atoms. The number of hydrogen-bond acceptors (Lipinski definition) is 5. The van der Waals surface area contributed by atoms with Crippen LogP contribution in [-0.4, -0.2) is 43.9 Å². The molecule has 0 atom stereocenters. The molecule has 1 heterocycles. The van der Waals surface area contributed by atoms with E-state index in [1.807, 2.05) is 0 Å². The van der Waals surface area contributed by atoms with Crippen molar-refractivity contribution in [1.29, 1.82) is 0 Å². The Balaban J connectivity index is 2.00. The number of amides is 1. The average molecular weight is 372 g/mol. The summed E-state index contributed by atoms with van der Waals surface area (Å²) in [6.07, 6.45) is 0. The standard InChI is InChI=1S/C15H18ClN3O4S/c1-10-14(11(2)23-18-10)24(21,22)19(3)9-8-17-15(20)12-6-4-5-7-13(12)16/h4-7H,8-9H2,1-3H3,(H,17,20). The van der Waals surface area contributed by atoms with Crippen LogP contribution in [0.2, 0.25) is 5.02 Å². The summed E-state index contributed by atoms with van der Waals surface area (Å²) in [5.41, 5.74) is 0.648. The molecule has 0 aliphatic heterocycles. The maximum Gasteiger partial charge on any atom is 0.252 e. The van der Waals surface area contributed by atoms with Crippen LogP contribution < -0.4 is 5.32 Å². The average Bonchev–Trinajstić information content (AvgIpc) is 2.86. The van der Waals surface area contributed by atoms with Crippen LogP contribution in [0.3, 0.4) is 0 Å². The second kappa shape index (κ2) is 7.33. The van der Waals surface area contributed by atoms with Crippen molar-refractivity contribution in [1.82, 2.24) is 14.8 Å². The first-order valence-electron chi connectivity index (χ1n) is 7.17. The molecule has 2 rings (SSSR count). The first-order chi connectivity index (χ1) is 11.2. The van der Waals surface area contributed by atoms with Gasteiger partial charge in [0.25, 0.3) is 5.91 Å². The predicted molar refractivity (Wildman–Crippen MR) is 89.6 cm³/mol. The number of nitrogens with zero attached hydrogens (tertiary/aromatic N) is 2. The maximum atomic E-state index is 12.5. The van der Waals surface area contributed by atoms with Crippen molar-refractivity contribution in [3.63, 3.8) is 0 Å². The number of likely N-dealkylation sites (N-methyl/N-ethyl adjacent to an activating group) is 1. The topological polar surface area (TPSA) is 92.5 Å². The van der Waals surface area contributed by atoms with Gasteiger partial charge in [-0.3, -0.25) is 4.79 Å². The van der Waals surface area contributed by atoms with Gasteiger partial charge in [-0.1, -0.05) is 28.9 Å². The molecule has 0 fully saturated rings. The lowest BCUT2D eigenvalue weighted by Gasteiger charge is -2.17. The van der Waals surface area contributed by atoms with E-state index in [0.717, 1.165) is 4.31 Å². The third kappa shape index (κ3) is 3.77. The maximum absolute atomic E-state index is 12.5. The molecule has 2 aromatic rings. The molecule has 1 aromatic heterocycles. The molecule has 0 aliphatic rings. The Morgan fingerprint density at radius 1 is 1.33 bits per heavy atom. The zero-order valence-corrected chi connectivity index (χ0v) is 15.1. The second-order valence-corrected chi connectivity index (χ2v) is 7.60. The van der Waals surface area contributed by atoms with Gasteiger partial charge in [-0.05, 0) is 26.0 Å². The molecule has 1 N–H and O–H groups in total. The van der Waals surface area contributed by atoms with Crippen molar-refractivity contribution in [3.05, 3.63) is 46.3 Å². The summed E-state index contributed by atoms with van der Waals surface area (Å²) >= 11 is 5.95. The van der Waals surface area contributed by atoms with Crippen molar-refractivity contribution in [2.45, 2.75) is 18.7 Å². The number of nitrogens with one attached hydrogen (secondary N) is 1. The molecule has 0 radical (unpaired) electrons. The van der Waals surface area contributed by atoms with E-state index >= 15 is 0 Å². The summed E-state index contributed by atoms with van der Waals surface area (Å²) in [5.74, 6) is -0.122. The third-order valence-corrected chi connectivity index (χ3v) is 5.90. The number of halogens is 1. The van der Waals surface area contributed by atoms with Gasteiger partial charge in [0.05, 0.1) is 10.6 Å². The summed E-state index contributed by atoms with van der Waals surface area (Å²) < 4.78 is 31.1. The van der Waals surface area contributed by atoms with Crippen LogP contribution in [0.1, 0.15) is 21.8 Å². The molecular weight excluding hydrogens is 354 g/mol. The van der Waals surface area contributed by atoms with Crippen molar-refractivity contribution < 1.29 is 17.7 Å². The molecule has 7 nitrogen and oxygen atoms in total. The normalized spacial score (nSPS) is 11.7. The first kappa shape index (κ1) is 18.4. The minimum absolute atomic E-state index is 0.0578. The quantitative estimate of drug-likeness (QED) is 0.838. The second-order valence-electron chi connectivity index (χ2n) is 5.22. The minimum Gasteiger partial charge on any atom is -0.360 e. The van der Waals surface area contributed by atoms with Gasteiger partial charge < -0.3 is 9.84 Å². The summed E-state index contributed by atoms with van der Waals surface area (Å²) in [5, 5.41) is 6.65. The number of hydrogen-bond donors (Lipinski definition) is 1. The zero-order valence-electron chi connectivity index (χ0n) is 13.5. The molecule has 130 valence electrons. The molecule has 0 unspecified atom stereocenters. The molecular formula is C15H18ClN3O4S. The van der Waals surface area contributed by atoms with Gasteiger partial charge >= 0.3 is 0 Å². The lowest BCUT2D eigenvalue weighted by atomic mass is 10.2. The first-order valence-corrected chi connectivity index (χ1v) is 8.99. The van der Waals surface area contributed by atoms with Crippen molar-refractivity contribution in [3.8, 4) is 0 Å². The van der Waals surface area contributed by atoms with Crippen molar-refractivity contribution >= 4 is 27.5 Å². The largest absolute Gasteiger partial charge is 0.360 e. The number of sulfonamides is 1. The van der Waals surface area contributed by atoms with E-state index < -0.39 is 10.0 Å². The Morgan fingerprint density at radius 2 is 2.00 bits per heavy atom. The summed E-state index contributed by atoms with van der Waals surface area (Å²) in [6.45, 7) is 3.35. The summed E-state index contributed by atoms with van der Waals surface area (Å²) in [6, 6.07) is 6.64. The van der Waals surface area contributed by atoms with Crippen LogP contribution in [0.15, 0.2) is 33.7 Å². The molecule has 1 aromatic carbocycles. The van der Waals surface area contributed by atoms with Gasteiger partial charge in [0.2, 0.25) is 10.0 Å². The van der Waals surface area contributed by atoms with Crippen molar-refractivity contribution in [2.24, 2.45) is 0 Å². The fourth-order valence-electron chi connectivity index (χ4n) is 2.19. The number of carbonyl (C=O) groups is 1. The minimum atomic E-state index is -3.73. The number of rotatable bonds is 6. The molecule has 0 saturated heterocycles. The van der Waals surface area contributed by atoms with Crippen molar-refractivity contribution in [2.75, 3.05) is 20.1 Å². The summed E-state index contributed by atoms with van der Waals surface area (Å²) in [7, 11) is -2.29. The van der Waals surface area contributed by atoms with E-state index in [9.17, 15) is 13.2 Å². The Hall–Kier alpha value is -1.90. The number of aromatic nitrogens is 1. The van der Waals surface area contributed by atoms with Gasteiger partial charge in [-0.2, -0.15) is 4.31 Å². The van der Waals surface area contributed by atoms with E-state index in [-0.39, 0.29) is 29.7 Å². The fraction of sp³-hybridized carbons (Fsp3) is 0.333. The van der Waals surface area contributed by atoms with Gasteiger partial charge in [-0.25, -0.2) is 8.42 Å². The van der Waals surface area contributed by atoms with Gasteiger partial charge in [0, 0.05) is 20.1 Å². The Labute approximate surface area is 145 Å². The van der Waals surface area contributed by atoms with E-state index in [0.29, 0.717) is 16.3 Å². The Bertz CT molecular complexity index is 829. The Kier molecular flexibility index (Phi) is 5.63. The smallest absolute Gasteiger partial charge is 0.252 e. The highest BCUT2D eigenvalue weighted by molar-refractivity contribution is 7.89. The number of carbonyl (C=O) groups excluding carboxylic acids is 1. The van der Waals surface area contributed by atoms with Crippen LogP contribution in [0.25, 0.3) is 0 Å². The fourth-order valence-corrected chi connectivity index (χ4v) is 3.86. The van der Waals surface area contributed by atoms with E-state index in [1.165, 1.54) is 7.05 Å². The Morgan fingerprint density at radius 3 is 2.58 bits per heavy atom. The molecule has 0 bridgehead atoms. The zero-order chi connectivity index (χ0) is 17.9. The van der Waals surface area contributed by atoms with Crippen LogP contribution >= 0.6 is 11.6 Å². The van der Waals surface area contributed by atoms with Crippen LogP contribution in [0.5, 0.6) is 0 Å². The predicted octanol–water partition coefficient (Wildman–Crippen LogP) is 2.00. The lowest BCUT2D eigenvalue weighted by Crippen LogP contribution is -2.36. The molecule has 0 aliphatic carbocycles.